The molecule has 2 aromatic carbocycles. The SMILES string of the molecule is O=C(Nc1ccc(Nc2ccc(F)c(F)c2F)nn1)c1cccc(Cl)c1. The molecule has 2 N–H and O–H groups in total. The monoisotopic (exact) mass is 378 g/mol. The number of nitrogens with one attached hydrogen (secondary N) is 2. The van der Waals surface area contributed by atoms with Crippen molar-refractivity contribution in [1.82, 2.24) is 10.2 Å². The lowest BCUT2D eigenvalue weighted by Gasteiger charge is -2.08. The Hall–Kier alpha value is -3.13. The van der Waals surface area contributed by atoms with Gasteiger partial charge in [0.2, 0.25) is 0 Å². The highest BCUT2D eigenvalue weighted by Crippen LogP contribution is 2.22. The lowest BCUT2D eigenvalue weighted by molar-refractivity contribution is 0.102. The number of anilines is 3. The number of aromatic nitrogens is 2. The number of carbonyl (C=O) groups is 1. The van der Waals surface area contributed by atoms with Gasteiger partial charge in [0, 0.05) is 10.6 Å². The van der Waals surface area contributed by atoms with Crippen LogP contribution >= 0.6 is 11.6 Å². The van der Waals surface area contributed by atoms with Gasteiger partial charge in [-0.1, -0.05) is 17.7 Å². The van der Waals surface area contributed by atoms with E-state index in [-0.39, 0.29) is 17.3 Å². The third-order valence-electron chi connectivity index (χ3n) is 3.29. The van der Waals surface area contributed by atoms with Gasteiger partial charge in [-0.25, -0.2) is 13.2 Å². The molecule has 5 nitrogen and oxygen atoms in total. The van der Waals surface area contributed by atoms with Gasteiger partial charge in [-0.15, -0.1) is 10.2 Å². The van der Waals surface area contributed by atoms with Crippen molar-refractivity contribution in [2.75, 3.05) is 10.6 Å². The van der Waals surface area contributed by atoms with E-state index in [1.165, 1.54) is 18.2 Å². The molecular weight excluding hydrogens is 369 g/mol. The van der Waals surface area contributed by atoms with Crippen LogP contribution < -0.4 is 10.6 Å². The quantitative estimate of drug-likeness (QED) is 0.654. The first-order valence-electron chi connectivity index (χ1n) is 7.25. The Morgan fingerprint density at radius 1 is 0.923 bits per heavy atom. The molecule has 132 valence electrons. The van der Waals surface area contributed by atoms with Crippen molar-refractivity contribution in [2.24, 2.45) is 0 Å². The summed E-state index contributed by atoms with van der Waals surface area (Å²) in [6.07, 6.45) is 0. The molecule has 0 saturated carbocycles. The molecule has 0 atom stereocenters. The van der Waals surface area contributed by atoms with Gasteiger partial charge in [0.05, 0.1) is 5.69 Å². The maximum atomic E-state index is 13.6. The van der Waals surface area contributed by atoms with Crippen molar-refractivity contribution >= 4 is 34.8 Å². The minimum absolute atomic E-state index is 0.0793. The van der Waals surface area contributed by atoms with Crippen LogP contribution in [0.15, 0.2) is 48.5 Å². The van der Waals surface area contributed by atoms with Gasteiger partial charge >= 0.3 is 0 Å². The second-order valence-corrected chi connectivity index (χ2v) is 5.55. The number of hydrogen-bond acceptors (Lipinski definition) is 4. The fraction of sp³-hybridized carbons (Fsp3) is 0. The molecule has 0 aliphatic rings. The number of benzene rings is 2. The molecule has 26 heavy (non-hydrogen) atoms. The van der Waals surface area contributed by atoms with Gasteiger partial charge in [0.25, 0.3) is 5.91 Å². The van der Waals surface area contributed by atoms with Crippen molar-refractivity contribution in [1.29, 1.82) is 0 Å². The highest BCUT2D eigenvalue weighted by molar-refractivity contribution is 6.31. The highest BCUT2D eigenvalue weighted by Gasteiger charge is 2.14. The molecule has 0 aliphatic carbocycles. The Morgan fingerprint density at radius 3 is 2.35 bits per heavy atom. The van der Waals surface area contributed by atoms with Gasteiger partial charge in [-0.2, -0.15) is 0 Å². The molecule has 1 amide bonds. The van der Waals surface area contributed by atoms with Gasteiger partial charge in [0.15, 0.2) is 29.1 Å². The fourth-order valence-electron chi connectivity index (χ4n) is 2.04. The van der Waals surface area contributed by atoms with Crippen molar-refractivity contribution in [3.63, 3.8) is 0 Å². The van der Waals surface area contributed by atoms with Gasteiger partial charge in [0.1, 0.15) is 0 Å². The number of hydrogen-bond donors (Lipinski definition) is 2. The summed E-state index contributed by atoms with van der Waals surface area (Å²) in [5.74, 6) is -4.46. The number of rotatable bonds is 4. The molecule has 0 bridgehead atoms. The molecule has 0 saturated heterocycles. The summed E-state index contributed by atoms with van der Waals surface area (Å²) in [4.78, 5) is 12.1. The lowest BCUT2D eigenvalue weighted by atomic mass is 10.2. The topological polar surface area (TPSA) is 66.9 Å². The minimum Gasteiger partial charge on any atom is -0.336 e. The van der Waals surface area contributed by atoms with Crippen molar-refractivity contribution in [2.45, 2.75) is 0 Å². The Morgan fingerprint density at radius 2 is 1.65 bits per heavy atom. The summed E-state index contributed by atoms with van der Waals surface area (Å²) < 4.78 is 39.8. The minimum atomic E-state index is -1.59. The Bertz CT molecular complexity index is 967. The number of carbonyl (C=O) groups excluding carboxylic acids is 1. The third kappa shape index (κ3) is 3.92. The van der Waals surface area contributed by atoms with E-state index in [1.54, 1.807) is 18.2 Å². The molecule has 0 unspecified atom stereocenters. The molecule has 9 heteroatoms. The summed E-state index contributed by atoms with van der Waals surface area (Å²) in [6, 6.07) is 11.0. The molecule has 3 rings (SSSR count). The zero-order valence-corrected chi connectivity index (χ0v) is 13.7. The smallest absolute Gasteiger partial charge is 0.256 e. The van der Waals surface area contributed by atoms with Crippen molar-refractivity contribution in [3.8, 4) is 0 Å². The first-order chi connectivity index (χ1) is 12.4. The second-order valence-electron chi connectivity index (χ2n) is 5.12. The van der Waals surface area contributed by atoms with E-state index in [4.69, 9.17) is 11.6 Å². The third-order valence-corrected chi connectivity index (χ3v) is 3.53. The number of amides is 1. The summed E-state index contributed by atoms with van der Waals surface area (Å²) in [6.45, 7) is 0. The average Bonchev–Trinajstić information content (AvgIpc) is 2.64. The van der Waals surface area contributed by atoms with Crippen molar-refractivity contribution in [3.05, 3.63) is 76.6 Å². The Kier molecular flexibility index (Phi) is 5.04. The molecule has 1 heterocycles. The van der Waals surface area contributed by atoms with E-state index in [1.807, 2.05) is 0 Å². The largest absolute Gasteiger partial charge is 0.336 e. The summed E-state index contributed by atoms with van der Waals surface area (Å²) in [7, 11) is 0. The van der Waals surface area contributed by atoms with Gasteiger partial charge in [-0.05, 0) is 42.5 Å². The number of halogens is 4. The molecule has 1 aromatic heterocycles. The van der Waals surface area contributed by atoms with Crippen LogP contribution in [0.25, 0.3) is 0 Å². The van der Waals surface area contributed by atoms with Crippen LogP contribution in [0.4, 0.5) is 30.5 Å². The zero-order chi connectivity index (χ0) is 18.7. The zero-order valence-electron chi connectivity index (χ0n) is 12.9. The summed E-state index contributed by atoms with van der Waals surface area (Å²) >= 11 is 5.83. The first-order valence-corrected chi connectivity index (χ1v) is 7.63. The maximum Gasteiger partial charge on any atom is 0.256 e. The molecule has 0 spiro atoms. The molecule has 0 fully saturated rings. The van der Waals surface area contributed by atoms with E-state index < -0.39 is 23.4 Å². The predicted molar refractivity (Wildman–Crippen MR) is 91.0 cm³/mol. The van der Waals surface area contributed by atoms with Crippen LogP contribution in [0, 0.1) is 17.5 Å². The molecular formula is C17H10ClF3N4O. The number of nitrogens with zero attached hydrogens (tertiary/aromatic N) is 2. The summed E-state index contributed by atoms with van der Waals surface area (Å²) in [5, 5.41) is 12.9. The van der Waals surface area contributed by atoms with E-state index in [9.17, 15) is 18.0 Å². The van der Waals surface area contributed by atoms with Crippen LogP contribution in [0.2, 0.25) is 5.02 Å². The molecule has 0 radical (unpaired) electrons. The average molecular weight is 379 g/mol. The Labute approximate surface area is 150 Å². The fourth-order valence-corrected chi connectivity index (χ4v) is 2.23. The highest BCUT2D eigenvalue weighted by atomic mass is 35.5. The van der Waals surface area contributed by atoms with Crippen LogP contribution in [0.3, 0.4) is 0 Å². The summed E-state index contributed by atoms with van der Waals surface area (Å²) in [5.41, 5.74) is 0.0410. The van der Waals surface area contributed by atoms with E-state index in [0.29, 0.717) is 10.6 Å². The van der Waals surface area contributed by atoms with Gasteiger partial charge < -0.3 is 10.6 Å². The first kappa shape index (κ1) is 17.7. The van der Waals surface area contributed by atoms with Gasteiger partial charge in [-0.3, -0.25) is 4.79 Å². The normalized spacial score (nSPS) is 10.5. The standard InChI is InChI=1S/C17H10ClF3N4O/c18-10-3-1-2-9(8-10)17(26)23-14-7-6-13(24-25-14)22-12-5-4-11(19)15(20)16(12)21/h1-8H,(H,22,24)(H,23,25,26). The van der Waals surface area contributed by atoms with Crippen molar-refractivity contribution < 1.29 is 18.0 Å². The van der Waals surface area contributed by atoms with E-state index >= 15 is 0 Å². The predicted octanol–water partition coefficient (Wildman–Crippen LogP) is 4.54. The molecule has 0 aliphatic heterocycles. The van der Waals surface area contributed by atoms with Crippen LogP contribution in [-0.4, -0.2) is 16.1 Å². The van der Waals surface area contributed by atoms with Crippen LogP contribution in [-0.2, 0) is 0 Å². The van der Waals surface area contributed by atoms with Crippen LogP contribution in [0.5, 0.6) is 0 Å². The lowest BCUT2D eigenvalue weighted by Crippen LogP contribution is -2.13. The van der Waals surface area contributed by atoms with E-state index in [2.05, 4.69) is 20.8 Å². The van der Waals surface area contributed by atoms with Crippen LogP contribution in [0.1, 0.15) is 10.4 Å². The Balaban J connectivity index is 1.71. The van der Waals surface area contributed by atoms with E-state index in [0.717, 1.165) is 12.1 Å². The second kappa shape index (κ2) is 7.40. The molecule has 3 aromatic rings. The maximum absolute atomic E-state index is 13.6.